The molecule has 0 fully saturated rings. The number of hydrogen-bond acceptors (Lipinski definition) is 4. The summed E-state index contributed by atoms with van der Waals surface area (Å²) in [4.78, 5) is 1.53. The highest BCUT2D eigenvalue weighted by Gasteiger charge is 2.17. The van der Waals surface area contributed by atoms with Gasteiger partial charge in [0, 0.05) is 26.8 Å². The summed E-state index contributed by atoms with van der Waals surface area (Å²) in [6.07, 6.45) is 0. The van der Waals surface area contributed by atoms with Gasteiger partial charge in [-0.3, -0.25) is 4.55 Å². The lowest BCUT2D eigenvalue weighted by Crippen LogP contribution is -2.13. The zero-order chi connectivity index (χ0) is 11.6. The Morgan fingerprint density at radius 3 is 2.33 bits per heavy atom. The normalized spacial score (nSPS) is 11.2. The highest BCUT2D eigenvalue weighted by atomic mass is 32.2. The first-order chi connectivity index (χ1) is 6.86. The quantitative estimate of drug-likeness (QED) is 0.759. The van der Waals surface area contributed by atoms with Gasteiger partial charge in [0.25, 0.3) is 10.1 Å². The molecule has 0 saturated carbocycles. The summed E-state index contributed by atoms with van der Waals surface area (Å²) in [5, 5.41) is 2.81. The second kappa shape index (κ2) is 4.08. The average molecular weight is 230 g/mol. The van der Waals surface area contributed by atoms with Crippen molar-refractivity contribution in [2.75, 3.05) is 31.4 Å². The van der Waals surface area contributed by atoms with Crippen LogP contribution >= 0.6 is 0 Å². The van der Waals surface area contributed by atoms with Gasteiger partial charge in [-0.1, -0.05) is 0 Å². The minimum atomic E-state index is -4.19. The van der Waals surface area contributed by atoms with Crippen LogP contribution in [0.2, 0.25) is 0 Å². The molecule has 2 N–H and O–H groups in total. The van der Waals surface area contributed by atoms with Crippen LogP contribution in [-0.2, 0) is 10.1 Å². The van der Waals surface area contributed by atoms with Gasteiger partial charge in [-0.2, -0.15) is 8.42 Å². The fourth-order valence-electron chi connectivity index (χ4n) is 1.25. The standard InChI is InChI=1S/C9H14N2O3S/c1-10-7-4-5-8(11(2)3)9(6-7)15(12,13)14/h4-6,10H,1-3H3,(H,12,13,14). The molecular formula is C9H14N2O3S. The Bertz CT molecular complexity index is 454. The number of anilines is 2. The molecule has 1 rings (SSSR count). The van der Waals surface area contributed by atoms with E-state index in [1.807, 2.05) is 0 Å². The van der Waals surface area contributed by atoms with E-state index in [2.05, 4.69) is 5.32 Å². The van der Waals surface area contributed by atoms with Crippen LogP contribution in [0.4, 0.5) is 11.4 Å². The molecule has 0 aromatic heterocycles. The minimum Gasteiger partial charge on any atom is -0.388 e. The molecule has 1 aromatic rings. The van der Waals surface area contributed by atoms with Gasteiger partial charge < -0.3 is 10.2 Å². The van der Waals surface area contributed by atoms with E-state index in [-0.39, 0.29) is 4.90 Å². The maximum atomic E-state index is 11.1. The molecule has 6 heteroatoms. The van der Waals surface area contributed by atoms with Gasteiger partial charge >= 0.3 is 0 Å². The smallest absolute Gasteiger partial charge is 0.296 e. The number of hydrogen-bond donors (Lipinski definition) is 2. The molecule has 0 aliphatic heterocycles. The van der Waals surface area contributed by atoms with Gasteiger partial charge in [-0.05, 0) is 18.2 Å². The van der Waals surface area contributed by atoms with Crippen molar-refractivity contribution in [3.8, 4) is 0 Å². The van der Waals surface area contributed by atoms with Gasteiger partial charge in [0.05, 0.1) is 5.69 Å². The fourth-order valence-corrected chi connectivity index (χ4v) is 2.04. The Morgan fingerprint density at radius 2 is 1.93 bits per heavy atom. The van der Waals surface area contributed by atoms with Crippen molar-refractivity contribution in [1.82, 2.24) is 0 Å². The largest absolute Gasteiger partial charge is 0.388 e. The summed E-state index contributed by atoms with van der Waals surface area (Å²) in [7, 11) is 0.909. The lowest BCUT2D eigenvalue weighted by Gasteiger charge is -2.16. The monoisotopic (exact) mass is 230 g/mol. The molecular weight excluding hydrogens is 216 g/mol. The zero-order valence-electron chi connectivity index (χ0n) is 8.85. The number of nitrogens with zero attached hydrogens (tertiary/aromatic N) is 1. The summed E-state index contributed by atoms with van der Waals surface area (Å²) < 4.78 is 31.3. The Labute approximate surface area is 89.5 Å². The second-order valence-electron chi connectivity index (χ2n) is 3.30. The van der Waals surface area contributed by atoms with E-state index in [0.29, 0.717) is 11.4 Å². The van der Waals surface area contributed by atoms with E-state index in [4.69, 9.17) is 4.55 Å². The van der Waals surface area contributed by atoms with Crippen molar-refractivity contribution in [3.05, 3.63) is 18.2 Å². The Kier molecular flexibility index (Phi) is 3.21. The highest BCUT2D eigenvalue weighted by molar-refractivity contribution is 7.86. The van der Waals surface area contributed by atoms with E-state index in [9.17, 15) is 8.42 Å². The Hall–Kier alpha value is -1.27. The summed E-state index contributed by atoms with van der Waals surface area (Å²) in [6.45, 7) is 0. The summed E-state index contributed by atoms with van der Waals surface area (Å²) in [5.74, 6) is 0. The van der Waals surface area contributed by atoms with Crippen LogP contribution in [-0.4, -0.2) is 34.1 Å². The number of benzene rings is 1. The van der Waals surface area contributed by atoms with Crippen molar-refractivity contribution >= 4 is 21.5 Å². The summed E-state index contributed by atoms with van der Waals surface area (Å²) in [6, 6.07) is 4.77. The third kappa shape index (κ3) is 2.60. The maximum absolute atomic E-state index is 11.1. The zero-order valence-corrected chi connectivity index (χ0v) is 9.67. The summed E-state index contributed by atoms with van der Waals surface area (Å²) in [5.41, 5.74) is 1.09. The van der Waals surface area contributed by atoms with Crippen LogP contribution in [0, 0.1) is 0 Å². The lowest BCUT2D eigenvalue weighted by atomic mass is 10.2. The third-order valence-corrected chi connectivity index (χ3v) is 2.89. The molecule has 0 spiro atoms. The average Bonchev–Trinajstić information content (AvgIpc) is 2.15. The predicted octanol–water partition coefficient (Wildman–Crippen LogP) is 1.04. The topological polar surface area (TPSA) is 69.6 Å². The highest BCUT2D eigenvalue weighted by Crippen LogP contribution is 2.26. The molecule has 0 radical (unpaired) electrons. The maximum Gasteiger partial charge on any atom is 0.296 e. The van der Waals surface area contributed by atoms with Crippen LogP contribution in [0.3, 0.4) is 0 Å². The SMILES string of the molecule is CNc1ccc(N(C)C)c(S(=O)(=O)O)c1. The first-order valence-corrected chi connectivity index (χ1v) is 5.77. The number of rotatable bonds is 3. The van der Waals surface area contributed by atoms with E-state index < -0.39 is 10.1 Å². The van der Waals surface area contributed by atoms with Crippen LogP contribution in [0.25, 0.3) is 0 Å². The Morgan fingerprint density at radius 1 is 1.33 bits per heavy atom. The van der Waals surface area contributed by atoms with Gasteiger partial charge in [-0.15, -0.1) is 0 Å². The van der Waals surface area contributed by atoms with Gasteiger partial charge in [0.15, 0.2) is 0 Å². The van der Waals surface area contributed by atoms with Crippen molar-refractivity contribution < 1.29 is 13.0 Å². The van der Waals surface area contributed by atoms with E-state index >= 15 is 0 Å². The van der Waals surface area contributed by atoms with Gasteiger partial charge in [0.2, 0.25) is 0 Å². The molecule has 15 heavy (non-hydrogen) atoms. The molecule has 0 aliphatic carbocycles. The van der Waals surface area contributed by atoms with Crippen molar-refractivity contribution in [2.24, 2.45) is 0 Å². The number of nitrogens with one attached hydrogen (secondary N) is 1. The van der Waals surface area contributed by atoms with Crippen LogP contribution in [0.1, 0.15) is 0 Å². The lowest BCUT2D eigenvalue weighted by molar-refractivity contribution is 0.483. The van der Waals surface area contributed by atoms with Crippen molar-refractivity contribution in [3.63, 3.8) is 0 Å². The van der Waals surface area contributed by atoms with Crippen molar-refractivity contribution in [1.29, 1.82) is 0 Å². The van der Waals surface area contributed by atoms with Gasteiger partial charge in [-0.25, -0.2) is 0 Å². The minimum absolute atomic E-state index is 0.0978. The van der Waals surface area contributed by atoms with Crippen LogP contribution in [0.5, 0.6) is 0 Å². The van der Waals surface area contributed by atoms with E-state index in [1.165, 1.54) is 6.07 Å². The second-order valence-corrected chi connectivity index (χ2v) is 4.69. The first kappa shape index (κ1) is 11.8. The molecule has 84 valence electrons. The van der Waals surface area contributed by atoms with Crippen LogP contribution in [0.15, 0.2) is 23.1 Å². The molecule has 5 nitrogen and oxygen atoms in total. The molecule has 1 aromatic carbocycles. The fraction of sp³-hybridized carbons (Fsp3) is 0.333. The third-order valence-electron chi connectivity index (χ3n) is 2.01. The van der Waals surface area contributed by atoms with Gasteiger partial charge in [0.1, 0.15) is 4.90 Å². The Balaban J connectivity index is 3.43. The van der Waals surface area contributed by atoms with E-state index in [0.717, 1.165) is 0 Å². The molecule has 0 atom stereocenters. The molecule has 0 unspecified atom stereocenters. The predicted molar refractivity (Wildman–Crippen MR) is 60.1 cm³/mol. The molecule has 0 aliphatic rings. The summed E-state index contributed by atoms with van der Waals surface area (Å²) >= 11 is 0. The van der Waals surface area contributed by atoms with Crippen LogP contribution < -0.4 is 10.2 Å². The van der Waals surface area contributed by atoms with E-state index in [1.54, 1.807) is 38.2 Å². The van der Waals surface area contributed by atoms with Crippen molar-refractivity contribution in [2.45, 2.75) is 4.90 Å². The molecule has 0 amide bonds. The molecule has 0 bridgehead atoms. The molecule has 0 heterocycles. The first-order valence-electron chi connectivity index (χ1n) is 4.33. The molecule has 0 saturated heterocycles.